The second-order valence-electron chi connectivity index (χ2n) is 4.26. The second-order valence-corrected chi connectivity index (χ2v) is 4.59. The molecule has 0 saturated carbocycles. The highest BCUT2D eigenvalue weighted by molar-refractivity contribution is 6.28. The zero-order chi connectivity index (χ0) is 13.9. The van der Waals surface area contributed by atoms with E-state index in [-0.39, 0.29) is 11.9 Å². The van der Waals surface area contributed by atoms with Crippen LogP contribution in [0, 0.1) is 0 Å². The first-order chi connectivity index (χ1) is 8.95. The minimum atomic E-state index is -4.53. The molecule has 1 saturated heterocycles. The van der Waals surface area contributed by atoms with Gasteiger partial charge >= 0.3 is 6.18 Å². The monoisotopic (exact) mass is 295 g/mol. The lowest BCUT2D eigenvalue weighted by atomic mass is 10.2. The zero-order valence-corrected chi connectivity index (χ0v) is 10.8. The van der Waals surface area contributed by atoms with Crippen LogP contribution in [0.2, 0.25) is 5.28 Å². The third-order valence-corrected chi connectivity index (χ3v) is 2.95. The predicted octanol–water partition coefficient (Wildman–Crippen LogP) is 3.13. The molecule has 0 radical (unpaired) electrons. The first kappa shape index (κ1) is 14.3. The van der Waals surface area contributed by atoms with Crippen LogP contribution in [0.3, 0.4) is 0 Å². The standard InChI is InChI=1S/C11H13ClF3N3O/c12-10-17-8(11(13,14)15)6-9(18-10)16-4-3-7-2-1-5-19-7/h6-7H,1-5H2,(H,16,17,18). The van der Waals surface area contributed by atoms with Gasteiger partial charge < -0.3 is 10.1 Å². The SMILES string of the molecule is FC(F)(F)c1cc(NCCC2CCCO2)nc(Cl)n1. The van der Waals surface area contributed by atoms with Gasteiger partial charge in [-0.3, -0.25) is 0 Å². The van der Waals surface area contributed by atoms with Crippen LogP contribution in [-0.4, -0.2) is 29.2 Å². The lowest BCUT2D eigenvalue weighted by Gasteiger charge is -2.12. The Morgan fingerprint density at radius 3 is 2.84 bits per heavy atom. The molecule has 4 nitrogen and oxygen atoms in total. The van der Waals surface area contributed by atoms with E-state index >= 15 is 0 Å². The zero-order valence-electron chi connectivity index (χ0n) is 10.0. The summed E-state index contributed by atoms with van der Waals surface area (Å²) < 4.78 is 43.0. The molecule has 1 fully saturated rings. The van der Waals surface area contributed by atoms with Crippen molar-refractivity contribution in [2.45, 2.75) is 31.5 Å². The number of hydrogen-bond donors (Lipinski definition) is 1. The van der Waals surface area contributed by atoms with Gasteiger partial charge in [0.25, 0.3) is 0 Å². The summed E-state index contributed by atoms with van der Waals surface area (Å²) in [6, 6.07) is 0.849. The fourth-order valence-electron chi connectivity index (χ4n) is 1.89. The predicted molar refractivity (Wildman–Crippen MR) is 64.1 cm³/mol. The Hall–Kier alpha value is -1.08. The molecule has 0 aliphatic carbocycles. The molecule has 106 valence electrons. The first-order valence-electron chi connectivity index (χ1n) is 5.92. The topological polar surface area (TPSA) is 47.0 Å². The van der Waals surface area contributed by atoms with Crippen LogP contribution < -0.4 is 5.32 Å². The molecule has 19 heavy (non-hydrogen) atoms. The van der Waals surface area contributed by atoms with Crippen LogP contribution in [0.1, 0.15) is 25.0 Å². The number of rotatable bonds is 4. The average Bonchev–Trinajstić information content (AvgIpc) is 2.80. The third kappa shape index (κ3) is 4.21. The van der Waals surface area contributed by atoms with E-state index in [4.69, 9.17) is 16.3 Å². The van der Waals surface area contributed by atoms with Gasteiger partial charge in [0.1, 0.15) is 5.82 Å². The molecule has 2 rings (SSSR count). The van der Waals surface area contributed by atoms with E-state index in [0.717, 1.165) is 31.9 Å². The van der Waals surface area contributed by atoms with E-state index in [9.17, 15) is 13.2 Å². The number of alkyl halides is 3. The molecular weight excluding hydrogens is 283 g/mol. The van der Waals surface area contributed by atoms with Crippen molar-refractivity contribution >= 4 is 17.4 Å². The largest absolute Gasteiger partial charge is 0.433 e. The van der Waals surface area contributed by atoms with Crippen molar-refractivity contribution in [2.75, 3.05) is 18.5 Å². The van der Waals surface area contributed by atoms with Crippen molar-refractivity contribution in [2.24, 2.45) is 0 Å². The maximum Gasteiger partial charge on any atom is 0.433 e. The number of anilines is 1. The summed E-state index contributed by atoms with van der Waals surface area (Å²) in [5, 5.41) is 2.39. The summed E-state index contributed by atoms with van der Waals surface area (Å²) in [7, 11) is 0. The molecule has 8 heteroatoms. The van der Waals surface area contributed by atoms with Crippen LogP contribution >= 0.6 is 11.6 Å². The lowest BCUT2D eigenvalue weighted by Crippen LogP contribution is -2.15. The Morgan fingerprint density at radius 1 is 1.42 bits per heavy atom. The molecule has 1 atom stereocenters. The van der Waals surface area contributed by atoms with Gasteiger partial charge in [-0.25, -0.2) is 9.97 Å². The van der Waals surface area contributed by atoms with Gasteiger partial charge in [0.2, 0.25) is 5.28 Å². The third-order valence-electron chi connectivity index (χ3n) is 2.79. The van der Waals surface area contributed by atoms with E-state index in [0.29, 0.717) is 6.54 Å². The van der Waals surface area contributed by atoms with Gasteiger partial charge in [0.05, 0.1) is 6.10 Å². The molecule has 0 aromatic carbocycles. The van der Waals surface area contributed by atoms with Crippen molar-refractivity contribution in [1.82, 2.24) is 9.97 Å². The quantitative estimate of drug-likeness (QED) is 0.867. The Bertz CT molecular complexity index is 436. The van der Waals surface area contributed by atoms with Crippen LogP contribution in [0.15, 0.2) is 6.07 Å². The number of halogens is 4. The summed E-state index contributed by atoms with van der Waals surface area (Å²) in [6.07, 6.45) is -1.62. The van der Waals surface area contributed by atoms with Gasteiger partial charge in [-0.05, 0) is 30.9 Å². The Labute approximate surface area is 113 Å². The highest BCUT2D eigenvalue weighted by Gasteiger charge is 2.33. The number of hydrogen-bond acceptors (Lipinski definition) is 4. The van der Waals surface area contributed by atoms with Crippen LogP contribution in [0.4, 0.5) is 19.0 Å². The summed E-state index contributed by atoms with van der Waals surface area (Å²) in [4.78, 5) is 6.87. The molecule has 2 heterocycles. The summed E-state index contributed by atoms with van der Waals surface area (Å²) >= 11 is 5.48. The number of nitrogens with zero attached hydrogens (tertiary/aromatic N) is 2. The van der Waals surface area contributed by atoms with Crippen molar-refractivity contribution in [3.8, 4) is 0 Å². The van der Waals surface area contributed by atoms with Gasteiger partial charge in [-0.1, -0.05) is 0 Å². The average molecular weight is 296 g/mol. The van der Waals surface area contributed by atoms with Crippen molar-refractivity contribution in [3.05, 3.63) is 17.0 Å². The molecule has 1 aliphatic heterocycles. The van der Waals surface area contributed by atoms with Crippen LogP contribution in [-0.2, 0) is 10.9 Å². The lowest BCUT2D eigenvalue weighted by molar-refractivity contribution is -0.141. The molecule has 0 spiro atoms. The van der Waals surface area contributed by atoms with Crippen molar-refractivity contribution in [1.29, 1.82) is 0 Å². The van der Waals surface area contributed by atoms with E-state index < -0.39 is 17.2 Å². The Morgan fingerprint density at radius 2 is 2.21 bits per heavy atom. The Kier molecular flexibility index (Phi) is 4.46. The number of aromatic nitrogens is 2. The molecule has 1 N–H and O–H groups in total. The summed E-state index contributed by atoms with van der Waals surface area (Å²) in [5.41, 5.74) is -1.05. The maximum atomic E-state index is 12.5. The van der Waals surface area contributed by atoms with Crippen molar-refractivity contribution < 1.29 is 17.9 Å². The molecule has 1 aromatic rings. The number of ether oxygens (including phenoxy) is 1. The minimum absolute atomic E-state index is 0.0744. The minimum Gasteiger partial charge on any atom is -0.378 e. The second kappa shape index (κ2) is 5.92. The molecule has 0 amide bonds. The van der Waals surface area contributed by atoms with Gasteiger partial charge in [0, 0.05) is 19.2 Å². The van der Waals surface area contributed by atoms with Gasteiger partial charge in [-0.15, -0.1) is 0 Å². The smallest absolute Gasteiger partial charge is 0.378 e. The molecule has 1 unspecified atom stereocenters. The van der Waals surface area contributed by atoms with Crippen LogP contribution in [0.25, 0.3) is 0 Å². The normalized spacial score (nSPS) is 19.7. The van der Waals surface area contributed by atoms with Crippen LogP contribution in [0.5, 0.6) is 0 Å². The summed E-state index contributed by atoms with van der Waals surface area (Å²) in [6.45, 7) is 1.23. The maximum absolute atomic E-state index is 12.5. The first-order valence-corrected chi connectivity index (χ1v) is 6.30. The van der Waals surface area contributed by atoms with Gasteiger partial charge in [-0.2, -0.15) is 13.2 Å². The Balaban J connectivity index is 1.94. The van der Waals surface area contributed by atoms with E-state index in [1.165, 1.54) is 0 Å². The summed E-state index contributed by atoms with van der Waals surface area (Å²) in [5.74, 6) is 0.0744. The molecule has 1 aromatic heterocycles. The highest BCUT2D eigenvalue weighted by atomic mass is 35.5. The molecule has 0 bridgehead atoms. The fraction of sp³-hybridized carbons (Fsp3) is 0.636. The van der Waals surface area contributed by atoms with E-state index in [2.05, 4.69) is 15.3 Å². The number of nitrogens with one attached hydrogen (secondary N) is 1. The van der Waals surface area contributed by atoms with E-state index in [1.807, 2.05) is 0 Å². The molecular formula is C11H13ClF3N3O. The van der Waals surface area contributed by atoms with E-state index in [1.54, 1.807) is 0 Å². The highest BCUT2D eigenvalue weighted by Crippen LogP contribution is 2.29. The molecule has 1 aliphatic rings. The van der Waals surface area contributed by atoms with Crippen molar-refractivity contribution in [3.63, 3.8) is 0 Å². The van der Waals surface area contributed by atoms with Gasteiger partial charge in [0.15, 0.2) is 5.69 Å². The fourth-order valence-corrected chi connectivity index (χ4v) is 2.07.